The lowest BCUT2D eigenvalue weighted by molar-refractivity contribution is -0.275. The first-order valence-corrected chi connectivity index (χ1v) is 6.98. The minimum atomic E-state index is -4.69. The minimum Gasteiger partial charge on any atom is -0.405 e. The predicted molar refractivity (Wildman–Crippen MR) is 71.2 cm³/mol. The number of halogens is 3. The Bertz CT molecular complexity index is 451. The number of hydrogen-bond acceptors (Lipinski definition) is 2. The number of hydrogen-bond donors (Lipinski definition) is 1. The van der Waals surface area contributed by atoms with Gasteiger partial charge in [0.15, 0.2) is 0 Å². The second kappa shape index (κ2) is 5.64. The number of para-hydroxylation sites is 1. The van der Waals surface area contributed by atoms with Crippen molar-refractivity contribution in [3.63, 3.8) is 0 Å². The third kappa shape index (κ3) is 3.45. The molecular formula is C15H20F3NO. The summed E-state index contributed by atoms with van der Waals surface area (Å²) in [4.78, 5) is 0. The van der Waals surface area contributed by atoms with Gasteiger partial charge in [-0.15, -0.1) is 13.2 Å². The second-order valence-electron chi connectivity index (χ2n) is 5.55. The Morgan fingerprint density at radius 3 is 2.40 bits per heavy atom. The van der Waals surface area contributed by atoms with Crippen LogP contribution in [0.25, 0.3) is 0 Å². The van der Waals surface area contributed by atoms with Gasteiger partial charge in [0, 0.05) is 11.1 Å². The summed E-state index contributed by atoms with van der Waals surface area (Å²) >= 11 is 0. The van der Waals surface area contributed by atoms with Crippen LogP contribution in [-0.4, -0.2) is 6.36 Å². The van der Waals surface area contributed by atoms with Crippen LogP contribution in [-0.2, 0) is 5.54 Å². The first kappa shape index (κ1) is 15.2. The number of rotatable bonds is 3. The van der Waals surface area contributed by atoms with E-state index in [1.54, 1.807) is 12.1 Å². The number of alkyl halides is 3. The molecule has 112 valence electrons. The molecule has 0 heterocycles. The summed E-state index contributed by atoms with van der Waals surface area (Å²) in [6.07, 6.45) is -0.294. The number of benzene rings is 1. The molecule has 0 radical (unpaired) electrons. The van der Waals surface area contributed by atoms with E-state index in [-0.39, 0.29) is 5.75 Å². The van der Waals surface area contributed by atoms with Crippen molar-refractivity contribution in [3.8, 4) is 5.75 Å². The van der Waals surface area contributed by atoms with Crippen LogP contribution in [0.15, 0.2) is 24.3 Å². The SMILES string of the molecule is CCC1CCC(N)(c2ccccc2OC(F)(F)F)CC1. The first-order valence-electron chi connectivity index (χ1n) is 6.98. The highest BCUT2D eigenvalue weighted by Gasteiger charge is 2.38. The first-order chi connectivity index (χ1) is 9.34. The lowest BCUT2D eigenvalue weighted by Gasteiger charge is -2.38. The maximum absolute atomic E-state index is 12.5. The standard InChI is InChI=1S/C15H20F3NO/c1-2-11-7-9-14(19,10-8-11)12-5-3-4-6-13(12)20-15(16,17)18/h3-6,11H,2,7-10,19H2,1H3. The third-order valence-electron chi connectivity index (χ3n) is 4.22. The fourth-order valence-corrected chi connectivity index (χ4v) is 2.96. The van der Waals surface area contributed by atoms with E-state index in [1.807, 2.05) is 0 Å². The average Bonchev–Trinajstić information content (AvgIpc) is 2.38. The Balaban J connectivity index is 2.24. The van der Waals surface area contributed by atoms with Gasteiger partial charge in [-0.2, -0.15) is 0 Å². The molecule has 0 bridgehead atoms. The molecule has 0 unspecified atom stereocenters. The molecule has 5 heteroatoms. The number of ether oxygens (including phenoxy) is 1. The Labute approximate surface area is 117 Å². The zero-order valence-corrected chi connectivity index (χ0v) is 11.5. The monoisotopic (exact) mass is 287 g/mol. The van der Waals surface area contributed by atoms with Crippen LogP contribution < -0.4 is 10.5 Å². The van der Waals surface area contributed by atoms with E-state index >= 15 is 0 Å². The molecule has 0 saturated heterocycles. The summed E-state index contributed by atoms with van der Waals surface area (Å²) in [7, 11) is 0. The van der Waals surface area contributed by atoms with Gasteiger partial charge in [-0.3, -0.25) is 0 Å². The lowest BCUT2D eigenvalue weighted by atomic mass is 9.72. The van der Waals surface area contributed by atoms with Gasteiger partial charge in [0.1, 0.15) is 5.75 Å². The molecule has 1 aromatic carbocycles. The van der Waals surface area contributed by atoms with Crippen molar-refractivity contribution in [2.45, 2.75) is 50.9 Å². The van der Waals surface area contributed by atoms with E-state index in [9.17, 15) is 13.2 Å². The van der Waals surface area contributed by atoms with E-state index in [1.165, 1.54) is 12.1 Å². The minimum absolute atomic E-state index is 0.169. The van der Waals surface area contributed by atoms with E-state index in [0.29, 0.717) is 24.3 Å². The van der Waals surface area contributed by atoms with Crippen LogP contribution in [0, 0.1) is 5.92 Å². The van der Waals surface area contributed by atoms with Crippen molar-refractivity contribution in [3.05, 3.63) is 29.8 Å². The molecule has 0 amide bonds. The van der Waals surface area contributed by atoms with Crippen molar-refractivity contribution >= 4 is 0 Å². The molecule has 20 heavy (non-hydrogen) atoms. The molecule has 0 atom stereocenters. The molecular weight excluding hydrogens is 267 g/mol. The summed E-state index contributed by atoms with van der Waals surface area (Å²) in [5.74, 6) is 0.458. The van der Waals surface area contributed by atoms with Gasteiger partial charge < -0.3 is 10.5 Å². The summed E-state index contributed by atoms with van der Waals surface area (Å²) in [6.45, 7) is 2.13. The van der Waals surface area contributed by atoms with Crippen molar-refractivity contribution < 1.29 is 17.9 Å². The smallest absolute Gasteiger partial charge is 0.405 e. The van der Waals surface area contributed by atoms with Crippen molar-refractivity contribution in [2.24, 2.45) is 11.7 Å². The highest BCUT2D eigenvalue weighted by Crippen LogP contribution is 2.42. The van der Waals surface area contributed by atoms with Gasteiger partial charge in [-0.1, -0.05) is 31.5 Å². The van der Waals surface area contributed by atoms with Crippen LogP contribution in [0.3, 0.4) is 0 Å². The molecule has 1 fully saturated rings. The molecule has 1 aromatic rings. The van der Waals surface area contributed by atoms with Crippen LogP contribution in [0.2, 0.25) is 0 Å². The summed E-state index contributed by atoms with van der Waals surface area (Å²) in [6, 6.07) is 6.22. The molecule has 0 aromatic heterocycles. The fraction of sp³-hybridized carbons (Fsp3) is 0.600. The van der Waals surface area contributed by atoms with Gasteiger partial charge in [-0.05, 0) is 37.7 Å². The second-order valence-corrected chi connectivity index (χ2v) is 5.55. The van der Waals surface area contributed by atoms with E-state index in [2.05, 4.69) is 11.7 Å². The number of nitrogens with two attached hydrogens (primary N) is 1. The zero-order chi connectivity index (χ0) is 14.8. The predicted octanol–water partition coefficient (Wildman–Crippen LogP) is 4.34. The van der Waals surface area contributed by atoms with E-state index in [4.69, 9.17) is 5.73 Å². The van der Waals surface area contributed by atoms with Crippen molar-refractivity contribution in [1.82, 2.24) is 0 Å². The largest absolute Gasteiger partial charge is 0.573 e. The lowest BCUT2D eigenvalue weighted by Crippen LogP contribution is -2.41. The molecule has 0 aliphatic heterocycles. The Morgan fingerprint density at radius 2 is 1.85 bits per heavy atom. The highest BCUT2D eigenvalue weighted by atomic mass is 19.4. The van der Waals surface area contributed by atoms with E-state index in [0.717, 1.165) is 19.3 Å². The summed E-state index contributed by atoms with van der Waals surface area (Å²) in [5.41, 5.74) is 6.12. The van der Waals surface area contributed by atoms with Crippen molar-refractivity contribution in [1.29, 1.82) is 0 Å². The topological polar surface area (TPSA) is 35.2 Å². The van der Waals surface area contributed by atoms with Gasteiger partial charge in [-0.25, -0.2) is 0 Å². The molecule has 2 N–H and O–H groups in total. The fourth-order valence-electron chi connectivity index (χ4n) is 2.96. The molecule has 1 aliphatic carbocycles. The molecule has 0 spiro atoms. The highest BCUT2D eigenvalue weighted by molar-refractivity contribution is 5.39. The van der Waals surface area contributed by atoms with Gasteiger partial charge in [0.05, 0.1) is 0 Å². The van der Waals surface area contributed by atoms with Gasteiger partial charge >= 0.3 is 6.36 Å². The van der Waals surface area contributed by atoms with Gasteiger partial charge in [0.2, 0.25) is 0 Å². The molecule has 1 aliphatic rings. The molecule has 2 rings (SSSR count). The molecule has 2 nitrogen and oxygen atoms in total. The zero-order valence-electron chi connectivity index (χ0n) is 11.5. The summed E-state index contributed by atoms with van der Waals surface area (Å²) < 4.78 is 41.5. The molecule has 1 saturated carbocycles. The van der Waals surface area contributed by atoms with Gasteiger partial charge in [0.25, 0.3) is 0 Å². The van der Waals surface area contributed by atoms with Crippen molar-refractivity contribution in [2.75, 3.05) is 0 Å². The maximum Gasteiger partial charge on any atom is 0.573 e. The Kier molecular flexibility index (Phi) is 4.28. The van der Waals surface area contributed by atoms with Crippen LogP contribution in [0.5, 0.6) is 5.75 Å². The normalized spacial score (nSPS) is 27.4. The van der Waals surface area contributed by atoms with E-state index < -0.39 is 11.9 Å². The third-order valence-corrected chi connectivity index (χ3v) is 4.22. The van der Waals surface area contributed by atoms with Crippen LogP contribution >= 0.6 is 0 Å². The Hall–Kier alpha value is -1.23. The average molecular weight is 287 g/mol. The summed E-state index contributed by atoms with van der Waals surface area (Å²) in [5, 5.41) is 0. The van der Waals surface area contributed by atoms with Crippen LogP contribution in [0.4, 0.5) is 13.2 Å². The maximum atomic E-state index is 12.5. The quantitative estimate of drug-likeness (QED) is 0.897. The Morgan fingerprint density at radius 1 is 1.25 bits per heavy atom. The van der Waals surface area contributed by atoms with Crippen LogP contribution in [0.1, 0.15) is 44.6 Å².